The van der Waals surface area contributed by atoms with E-state index >= 15 is 0 Å². The lowest BCUT2D eigenvalue weighted by atomic mass is 10.2. The normalized spacial score (nSPS) is 15.2. The SMILES string of the molecule is COCc1noc(N2CCN(c3ccc4ncncc4c3)CC2)n1. The number of fused-ring (bicyclic) bond motifs is 1. The molecule has 1 saturated heterocycles. The molecule has 1 aliphatic heterocycles. The van der Waals surface area contributed by atoms with Gasteiger partial charge in [0.1, 0.15) is 12.9 Å². The number of rotatable bonds is 4. The second-order valence-electron chi connectivity index (χ2n) is 5.67. The molecule has 0 amide bonds. The van der Waals surface area contributed by atoms with E-state index < -0.39 is 0 Å². The summed E-state index contributed by atoms with van der Waals surface area (Å²) in [6.07, 6.45) is 3.42. The van der Waals surface area contributed by atoms with Gasteiger partial charge in [0.2, 0.25) is 0 Å². The fraction of sp³-hybridized carbons (Fsp3) is 0.375. The van der Waals surface area contributed by atoms with Crippen LogP contribution in [0.5, 0.6) is 0 Å². The quantitative estimate of drug-likeness (QED) is 0.713. The van der Waals surface area contributed by atoms with Crippen molar-refractivity contribution in [1.82, 2.24) is 20.1 Å². The van der Waals surface area contributed by atoms with Gasteiger partial charge in [0.05, 0.1) is 5.52 Å². The van der Waals surface area contributed by atoms with Crippen molar-refractivity contribution in [2.24, 2.45) is 0 Å². The number of ether oxygens (including phenoxy) is 1. The van der Waals surface area contributed by atoms with Gasteiger partial charge in [-0.15, -0.1) is 0 Å². The second-order valence-corrected chi connectivity index (χ2v) is 5.67. The minimum atomic E-state index is 0.364. The number of hydrogen-bond acceptors (Lipinski definition) is 8. The Morgan fingerprint density at radius 3 is 2.83 bits per heavy atom. The molecule has 8 heteroatoms. The molecule has 2 aromatic heterocycles. The number of anilines is 2. The van der Waals surface area contributed by atoms with Gasteiger partial charge in [-0.2, -0.15) is 4.98 Å². The molecule has 1 aromatic carbocycles. The van der Waals surface area contributed by atoms with Crippen LogP contribution in [0.15, 0.2) is 35.2 Å². The highest BCUT2D eigenvalue weighted by Gasteiger charge is 2.21. The summed E-state index contributed by atoms with van der Waals surface area (Å²) in [4.78, 5) is 17.2. The first-order valence-electron chi connectivity index (χ1n) is 7.85. The van der Waals surface area contributed by atoms with E-state index in [1.807, 2.05) is 12.3 Å². The van der Waals surface area contributed by atoms with Crippen LogP contribution in [-0.4, -0.2) is 53.4 Å². The third-order valence-electron chi connectivity index (χ3n) is 4.13. The third kappa shape index (κ3) is 2.88. The molecule has 0 saturated carbocycles. The van der Waals surface area contributed by atoms with Crippen molar-refractivity contribution in [3.8, 4) is 0 Å². The fourth-order valence-electron chi connectivity index (χ4n) is 2.89. The lowest BCUT2D eigenvalue weighted by Gasteiger charge is -2.35. The van der Waals surface area contributed by atoms with Crippen molar-refractivity contribution < 1.29 is 9.26 Å². The van der Waals surface area contributed by atoms with E-state index in [-0.39, 0.29) is 0 Å². The maximum atomic E-state index is 5.31. The highest BCUT2D eigenvalue weighted by atomic mass is 16.5. The predicted octanol–water partition coefficient (Wildman–Crippen LogP) is 1.49. The van der Waals surface area contributed by atoms with E-state index in [1.165, 1.54) is 5.69 Å². The lowest BCUT2D eigenvalue weighted by molar-refractivity contribution is 0.174. The molecule has 8 nitrogen and oxygen atoms in total. The van der Waals surface area contributed by atoms with Crippen LogP contribution in [0.25, 0.3) is 10.9 Å². The van der Waals surface area contributed by atoms with E-state index in [0.717, 1.165) is 37.1 Å². The zero-order valence-corrected chi connectivity index (χ0v) is 13.4. The van der Waals surface area contributed by atoms with Crippen molar-refractivity contribution in [2.75, 3.05) is 43.1 Å². The fourth-order valence-corrected chi connectivity index (χ4v) is 2.89. The smallest absolute Gasteiger partial charge is 0.324 e. The van der Waals surface area contributed by atoms with Crippen LogP contribution in [0.2, 0.25) is 0 Å². The highest BCUT2D eigenvalue weighted by molar-refractivity contribution is 5.81. The Balaban J connectivity index is 1.44. The summed E-state index contributed by atoms with van der Waals surface area (Å²) in [6.45, 7) is 3.81. The van der Waals surface area contributed by atoms with E-state index in [4.69, 9.17) is 9.26 Å². The van der Waals surface area contributed by atoms with Crippen LogP contribution >= 0.6 is 0 Å². The maximum absolute atomic E-state index is 5.31. The molecule has 0 radical (unpaired) electrons. The van der Waals surface area contributed by atoms with Gasteiger partial charge in [-0.25, -0.2) is 9.97 Å². The molecule has 3 aromatic rings. The van der Waals surface area contributed by atoms with E-state index in [9.17, 15) is 0 Å². The Kier molecular flexibility index (Phi) is 3.96. The van der Waals surface area contributed by atoms with Crippen molar-refractivity contribution in [1.29, 1.82) is 0 Å². The highest BCUT2D eigenvalue weighted by Crippen LogP contribution is 2.23. The van der Waals surface area contributed by atoms with Crippen molar-refractivity contribution >= 4 is 22.6 Å². The number of methoxy groups -OCH3 is 1. The monoisotopic (exact) mass is 326 g/mol. The van der Waals surface area contributed by atoms with Gasteiger partial charge in [0.25, 0.3) is 0 Å². The number of benzene rings is 1. The molecule has 0 atom stereocenters. The number of aromatic nitrogens is 4. The Labute approximate surface area is 139 Å². The summed E-state index contributed by atoms with van der Waals surface area (Å²) in [5.41, 5.74) is 2.14. The average molecular weight is 326 g/mol. The molecule has 3 heterocycles. The van der Waals surface area contributed by atoms with Crippen molar-refractivity contribution in [2.45, 2.75) is 6.61 Å². The number of nitrogens with zero attached hydrogens (tertiary/aromatic N) is 6. The van der Waals surface area contributed by atoms with Crippen LogP contribution in [0.3, 0.4) is 0 Å². The molecule has 124 valence electrons. The van der Waals surface area contributed by atoms with Crippen LogP contribution in [0, 0.1) is 0 Å². The molecular formula is C16H18N6O2. The van der Waals surface area contributed by atoms with E-state index in [0.29, 0.717) is 18.4 Å². The zero-order chi connectivity index (χ0) is 16.4. The average Bonchev–Trinajstić information content (AvgIpc) is 3.10. The summed E-state index contributed by atoms with van der Waals surface area (Å²) >= 11 is 0. The molecule has 0 spiro atoms. The van der Waals surface area contributed by atoms with Crippen molar-refractivity contribution in [3.05, 3.63) is 36.5 Å². The summed E-state index contributed by atoms with van der Waals surface area (Å²) in [5, 5.41) is 4.97. The molecular weight excluding hydrogens is 308 g/mol. The zero-order valence-electron chi connectivity index (χ0n) is 13.4. The topological polar surface area (TPSA) is 80.4 Å². The predicted molar refractivity (Wildman–Crippen MR) is 89.0 cm³/mol. The molecule has 0 unspecified atom stereocenters. The van der Waals surface area contributed by atoms with Crippen LogP contribution < -0.4 is 9.80 Å². The molecule has 0 bridgehead atoms. The maximum Gasteiger partial charge on any atom is 0.324 e. The Morgan fingerprint density at radius 2 is 2.00 bits per heavy atom. The first-order chi connectivity index (χ1) is 11.8. The molecule has 1 fully saturated rings. The summed E-state index contributed by atoms with van der Waals surface area (Å²) in [5.74, 6) is 0.574. The van der Waals surface area contributed by atoms with Gasteiger partial charge in [-0.3, -0.25) is 0 Å². The lowest BCUT2D eigenvalue weighted by Crippen LogP contribution is -2.46. The summed E-state index contributed by atoms with van der Waals surface area (Å²) in [6, 6.07) is 6.84. The molecule has 0 N–H and O–H groups in total. The summed E-state index contributed by atoms with van der Waals surface area (Å²) < 4.78 is 10.3. The van der Waals surface area contributed by atoms with E-state index in [1.54, 1.807) is 13.4 Å². The standard InChI is InChI=1S/C16H18N6O2/c1-23-10-15-19-16(24-20-15)22-6-4-21(5-7-22)13-2-3-14-12(8-13)9-17-11-18-14/h2-3,8-9,11H,4-7,10H2,1H3. The van der Waals surface area contributed by atoms with Gasteiger partial charge >= 0.3 is 6.01 Å². The third-order valence-corrected chi connectivity index (χ3v) is 4.13. The van der Waals surface area contributed by atoms with Gasteiger partial charge < -0.3 is 19.1 Å². The minimum absolute atomic E-state index is 0.364. The van der Waals surface area contributed by atoms with Crippen LogP contribution in [-0.2, 0) is 11.3 Å². The first-order valence-corrected chi connectivity index (χ1v) is 7.85. The van der Waals surface area contributed by atoms with Crippen molar-refractivity contribution in [3.63, 3.8) is 0 Å². The van der Waals surface area contributed by atoms with Gasteiger partial charge in [-0.05, 0) is 18.2 Å². The summed E-state index contributed by atoms with van der Waals surface area (Å²) in [7, 11) is 1.61. The van der Waals surface area contributed by atoms with Crippen LogP contribution in [0.1, 0.15) is 5.82 Å². The van der Waals surface area contributed by atoms with Gasteiger partial charge in [-0.1, -0.05) is 5.16 Å². The number of hydrogen-bond donors (Lipinski definition) is 0. The first kappa shape index (κ1) is 14.8. The Morgan fingerprint density at radius 1 is 1.17 bits per heavy atom. The largest absolute Gasteiger partial charge is 0.377 e. The van der Waals surface area contributed by atoms with E-state index in [2.05, 4.69) is 42.0 Å². The molecule has 4 rings (SSSR count). The molecule has 24 heavy (non-hydrogen) atoms. The minimum Gasteiger partial charge on any atom is -0.377 e. The van der Waals surface area contributed by atoms with Crippen LogP contribution in [0.4, 0.5) is 11.7 Å². The Bertz CT molecular complexity index is 828. The second kappa shape index (κ2) is 6.40. The molecule has 1 aliphatic rings. The van der Waals surface area contributed by atoms with Gasteiger partial charge in [0.15, 0.2) is 5.82 Å². The number of piperazine rings is 1. The van der Waals surface area contributed by atoms with Gasteiger partial charge in [0, 0.05) is 50.6 Å². The Hall–Kier alpha value is -2.74. The molecule has 0 aliphatic carbocycles.